The number of urea groups is 1. The first kappa shape index (κ1) is 20.0. The van der Waals surface area contributed by atoms with Crippen LogP contribution in [0.5, 0.6) is 11.5 Å². The number of ether oxygens (including phenoxy) is 2. The highest BCUT2D eigenvalue weighted by atomic mass is 16.5. The monoisotopic (exact) mass is 383 g/mol. The smallest absolute Gasteiger partial charge is 0.319 e. The highest BCUT2D eigenvalue weighted by Gasteiger charge is 2.23. The molecule has 150 valence electrons. The Morgan fingerprint density at radius 1 is 1.14 bits per heavy atom. The molecule has 6 heteroatoms. The number of aryl methyl sites for hydroxylation is 1. The van der Waals surface area contributed by atoms with E-state index in [1.165, 1.54) is 11.1 Å². The highest BCUT2D eigenvalue weighted by molar-refractivity contribution is 5.89. The average molecular weight is 383 g/mol. The summed E-state index contributed by atoms with van der Waals surface area (Å²) in [6, 6.07) is 13.6. The molecule has 1 saturated heterocycles. The maximum Gasteiger partial charge on any atom is 0.319 e. The Morgan fingerprint density at radius 3 is 2.68 bits per heavy atom. The van der Waals surface area contributed by atoms with Crippen molar-refractivity contribution >= 4 is 11.7 Å². The maximum atomic E-state index is 12.2. The van der Waals surface area contributed by atoms with Crippen LogP contribution >= 0.6 is 0 Å². The van der Waals surface area contributed by atoms with Crippen molar-refractivity contribution in [1.29, 1.82) is 0 Å². The van der Waals surface area contributed by atoms with Gasteiger partial charge in [0, 0.05) is 31.4 Å². The number of carbonyl (C=O) groups is 1. The van der Waals surface area contributed by atoms with Crippen molar-refractivity contribution in [2.75, 3.05) is 39.2 Å². The third-order valence-electron chi connectivity index (χ3n) is 5.22. The Labute approximate surface area is 166 Å². The van der Waals surface area contributed by atoms with Crippen molar-refractivity contribution in [3.8, 4) is 11.5 Å². The number of nitrogens with zero attached hydrogens (tertiary/aromatic N) is 1. The summed E-state index contributed by atoms with van der Waals surface area (Å²) < 4.78 is 10.5. The van der Waals surface area contributed by atoms with E-state index in [2.05, 4.69) is 46.7 Å². The van der Waals surface area contributed by atoms with Gasteiger partial charge in [0.15, 0.2) is 11.5 Å². The Kier molecular flexibility index (Phi) is 6.76. The van der Waals surface area contributed by atoms with Gasteiger partial charge < -0.3 is 20.1 Å². The van der Waals surface area contributed by atoms with Gasteiger partial charge in [-0.2, -0.15) is 0 Å². The lowest BCUT2D eigenvalue weighted by molar-refractivity contribution is 0.249. The predicted molar refractivity (Wildman–Crippen MR) is 111 cm³/mol. The van der Waals surface area contributed by atoms with Gasteiger partial charge >= 0.3 is 6.03 Å². The molecule has 1 heterocycles. The first-order valence-corrected chi connectivity index (χ1v) is 9.62. The quantitative estimate of drug-likeness (QED) is 0.766. The van der Waals surface area contributed by atoms with Crippen LogP contribution in [0.15, 0.2) is 42.5 Å². The van der Waals surface area contributed by atoms with E-state index in [1.54, 1.807) is 32.4 Å². The highest BCUT2D eigenvalue weighted by Crippen LogP contribution is 2.29. The van der Waals surface area contributed by atoms with Crippen molar-refractivity contribution < 1.29 is 14.3 Å². The molecule has 0 spiro atoms. The fourth-order valence-electron chi connectivity index (χ4n) is 3.58. The number of likely N-dealkylation sites (tertiary alicyclic amines) is 1. The standard InChI is InChI=1S/C22H29N3O3/c1-16-6-4-5-7-18(16)15-25-11-10-17(14-25)13-23-22(26)24-19-8-9-20(27-2)21(12-19)28-3/h4-9,12,17H,10-11,13-15H2,1-3H3,(H2,23,24,26). The first-order chi connectivity index (χ1) is 13.6. The molecule has 0 bridgehead atoms. The number of nitrogens with one attached hydrogen (secondary N) is 2. The average Bonchev–Trinajstić information content (AvgIpc) is 3.15. The normalized spacial score (nSPS) is 16.6. The molecule has 0 aliphatic carbocycles. The van der Waals surface area contributed by atoms with E-state index in [4.69, 9.17) is 9.47 Å². The van der Waals surface area contributed by atoms with Crippen LogP contribution in [0.1, 0.15) is 17.5 Å². The lowest BCUT2D eigenvalue weighted by Crippen LogP contribution is -2.34. The number of amides is 2. The zero-order chi connectivity index (χ0) is 19.9. The van der Waals surface area contributed by atoms with Crippen molar-refractivity contribution in [2.24, 2.45) is 5.92 Å². The van der Waals surface area contributed by atoms with Gasteiger partial charge in [-0.1, -0.05) is 24.3 Å². The summed E-state index contributed by atoms with van der Waals surface area (Å²) in [5.41, 5.74) is 3.38. The van der Waals surface area contributed by atoms with Crippen LogP contribution in [0.4, 0.5) is 10.5 Å². The number of hydrogen-bond donors (Lipinski definition) is 2. The van der Waals surface area contributed by atoms with Gasteiger partial charge in [-0.15, -0.1) is 0 Å². The largest absolute Gasteiger partial charge is 0.493 e. The van der Waals surface area contributed by atoms with Gasteiger partial charge in [0.25, 0.3) is 0 Å². The zero-order valence-corrected chi connectivity index (χ0v) is 16.8. The molecular formula is C22H29N3O3. The van der Waals surface area contributed by atoms with Crippen LogP contribution < -0.4 is 20.1 Å². The fraction of sp³-hybridized carbons (Fsp3) is 0.409. The van der Waals surface area contributed by atoms with E-state index in [1.807, 2.05) is 0 Å². The van der Waals surface area contributed by atoms with Crippen LogP contribution in [-0.2, 0) is 6.54 Å². The minimum Gasteiger partial charge on any atom is -0.493 e. The second-order valence-electron chi connectivity index (χ2n) is 7.22. The van der Waals surface area contributed by atoms with Gasteiger partial charge in [0.05, 0.1) is 14.2 Å². The van der Waals surface area contributed by atoms with Gasteiger partial charge in [-0.25, -0.2) is 4.79 Å². The van der Waals surface area contributed by atoms with Crippen molar-refractivity contribution in [1.82, 2.24) is 10.2 Å². The summed E-state index contributed by atoms with van der Waals surface area (Å²) in [6.07, 6.45) is 1.10. The maximum absolute atomic E-state index is 12.2. The molecule has 28 heavy (non-hydrogen) atoms. The first-order valence-electron chi connectivity index (χ1n) is 9.62. The van der Waals surface area contributed by atoms with Gasteiger partial charge in [0.2, 0.25) is 0 Å². The SMILES string of the molecule is COc1ccc(NC(=O)NCC2CCN(Cc3ccccc3C)C2)cc1OC. The molecule has 3 rings (SSSR count). The molecule has 2 amide bonds. The molecule has 1 atom stereocenters. The molecule has 0 radical (unpaired) electrons. The summed E-state index contributed by atoms with van der Waals surface area (Å²) >= 11 is 0. The minimum absolute atomic E-state index is 0.204. The summed E-state index contributed by atoms with van der Waals surface area (Å²) in [6.45, 7) is 5.87. The fourth-order valence-corrected chi connectivity index (χ4v) is 3.58. The number of hydrogen-bond acceptors (Lipinski definition) is 4. The van der Waals surface area contributed by atoms with Gasteiger partial charge in [0.1, 0.15) is 0 Å². The Morgan fingerprint density at radius 2 is 1.93 bits per heavy atom. The molecule has 2 aromatic carbocycles. The Balaban J connectivity index is 1.45. The molecule has 1 aliphatic heterocycles. The minimum atomic E-state index is -0.204. The number of methoxy groups -OCH3 is 2. The molecule has 0 aromatic heterocycles. The van der Waals surface area contributed by atoms with E-state index in [0.29, 0.717) is 29.6 Å². The summed E-state index contributed by atoms with van der Waals surface area (Å²) in [4.78, 5) is 14.7. The third-order valence-corrected chi connectivity index (χ3v) is 5.22. The van der Waals surface area contributed by atoms with E-state index in [9.17, 15) is 4.79 Å². The third kappa shape index (κ3) is 5.16. The zero-order valence-electron chi connectivity index (χ0n) is 16.8. The lowest BCUT2D eigenvalue weighted by atomic mass is 10.1. The molecular weight excluding hydrogens is 354 g/mol. The summed E-state index contributed by atoms with van der Waals surface area (Å²) in [7, 11) is 3.16. The van der Waals surface area contributed by atoms with Crippen LogP contribution in [0.25, 0.3) is 0 Å². The number of rotatable bonds is 7. The van der Waals surface area contributed by atoms with Crippen LogP contribution in [0.3, 0.4) is 0 Å². The van der Waals surface area contributed by atoms with Crippen LogP contribution in [-0.4, -0.2) is 44.8 Å². The molecule has 6 nitrogen and oxygen atoms in total. The van der Waals surface area contributed by atoms with E-state index >= 15 is 0 Å². The summed E-state index contributed by atoms with van der Waals surface area (Å²) in [5, 5.41) is 5.84. The molecule has 2 aromatic rings. The molecule has 1 fully saturated rings. The second kappa shape index (κ2) is 9.46. The predicted octanol–water partition coefficient (Wildman–Crippen LogP) is 3.66. The number of anilines is 1. The second-order valence-corrected chi connectivity index (χ2v) is 7.22. The van der Waals surface area contributed by atoms with Crippen LogP contribution in [0, 0.1) is 12.8 Å². The number of carbonyl (C=O) groups excluding carboxylic acids is 1. The molecule has 0 saturated carbocycles. The summed E-state index contributed by atoms with van der Waals surface area (Å²) in [5.74, 6) is 1.69. The molecule has 1 aliphatic rings. The molecule has 1 unspecified atom stereocenters. The van der Waals surface area contributed by atoms with E-state index in [0.717, 1.165) is 26.1 Å². The lowest BCUT2D eigenvalue weighted by Gasteiger charge is -2.18. The molecule has 2 N–H and O–H groups in total. The Bertz CT molecular complexity index is 809. The van der Waals surface area contributed by atoms with Crippen molar-refractivity contribution in [2.45, 2.75) is 19.9 Å². The van der Waals surface area contributed by atoms with Gasteiger partial charge in [-0.3, -0.25) is 4.90 Å². The van der Waals surface area contributed by atoms with E-state index < -0.39 is 0 Å². The topological polar surface area (TPSA) is 62.8 Å². The van der Waals surface area contributed by atoms with Gasteiger partial charge in [-0.05, 0) is 49.1 Å². The van der Waals surface area contributed by atoms with Crippen LogP contribution in [0.2, 0.25) is 0 Å². The number of benzene rings is 2. The van der Waals surface area contributed by atoms with Crippen molar-refractivity contribution in [3.63, 3.8) is 0 Å². The Hall–Kier alpha value is -2.73. The van der Waals surface area contributed by atoms with E-state index in [-0.39, 0.29) is 6.03 Å². The van der Waals surface area contributed by atoms with Crippen molar-refractivity contribution in [3.05, 3.63) is 53.6 Å².